The molecule has 0 spiro atoms. The van der Waals surface area contributed by atoms with Crippen molar-refractivity contribution in [2.24, 2.45) is 0 Å². The number of nitrogens with zero attached hydrogens (tertiary/aromatic N) is 4. The maximum atomic E-state index is 11.5. The quantitative estimate of drug-likeness (QED) is 0.770. The van der Waals surface area contributed by atoms with E-state index in [2.05, 4.69) is 20.5 Å². The van der Waals surface area contributed by atoms with E-state index < -0.39 is 18.5 Å². The maximum absolute atomic E-state index is 11.5. The smallest absolute Gasteiger partial charge is 0.324 e. The molecule has 0 radical (unpaired) electrons. The molecule has 2 amide bonds. The van der Waals surface area contributed by atoms with Crippen molar-refractivity contribution >= 4 is 17.9 Å². The lowest BCUT2D eigenvalue weighted by Crippen LogP contribution is -2.36. The Balaban J connectivity index is 2.67. The minimum atomic E-state index is -1.10. The normalized spacial score (nSPS) is 9.82. The summed E-state index contributed by atoms with van der Waals surface area (Å²) in [6, 6.07) is -0.600. The second-order valence-electron chi connectivity index (χ2n) is 3.49. The number of carboxylic acids is 1. The first-order chi connectivity index (χ1) is 7.90. The fourth-order valence-corrected chi connectivity index (χ4v) is 0.976. The number of aromatic nitrogens is 3. The molecule has 0 aliphatic heterocycles. The standard InChI is InChI=1S/C9H13N5O3/c1-5-6(2)12-13-8(10-5)11-9(17)14(3)4-7(15)16/h4H2,1-3H3,(H,15,16)(H,10,11,13,17). The first-order valence-electron chi connectivity index (χ1n) is 4.82. The summed E-state index contributed by atoms with van der Waals surface area (Å²) in [6.07, 6.45) is 0. The molecule has 1 rings (SSSR count). The van der Waals surface area contributed by atoms with Gasteiger partial charge in [-0.15, -0.1) is 5.10 Å². The van der Waals surface area contributed by atoms with Gasteiger partial charge in [-0.2, -0.15) is 5.10 Å². The minimum Gasteiger partial charge on any atom is -0.480 e. The molecule has 0 atom stereocenters. The van der Waals surface area contributed by atoms with Crippen molar-refractivity contribution in [1.82, 2.24) is 20.1 Å². The molecule has 0 fully saturated rings. The van der Waals surface area contributed by atoms with E-state index in [0.29, 0.717) is 11.4 Å². The van der Waals surface area contributed by atoms with Crippen LogP contribution >= 0.6 is 0 Å². The molecule has 8 nitrogen and oxygen atoms in total. The molecular weight excluding hydrogens is 226 g/mol. The summed E-state index contributed by atoms with van der Waals surface area (Å²) in [7, 11) is 1.36. The molecule has 1 aromatic heterocycles. The summed E-state index contributed by atoms with van der Waals surface area (Å²) in [5.74, 6) is -1.04. The molecule has 1 aromatic rings. The van der Waals surface area contributed by atoms with Gasteiger partial charge in [0.05, 0.1) is 11.4 Å². The van der Waals surface area contributed by atoms with Crippen molar-refractivity contribution < 1.29 is 14.7 Å². The molecule has 8 heteroatoms. The van der Waals surface area contributed by atoms with Crippen molar-refractivity contribution in [3.8, 4) is 0 Å². The van der Waals surface area contributed by atoms with Gasteiger partial charge in [-0.1, -0.05) is 0 Å². The maximum Gasteiger partial charge on any atom is 0.324 e. The first-order valence-corrected chi connectivity index (χ1v) is 4.82. The van der Waals surface area contributed by atoms with E-state index in [1.807, 2.05) is 0 Å². The lowest BCUT2D eigenvalue weighted by molar-refractivity contribution is -0.137. The van der Waals surface area contributed by atoms with Gasteiger partial charge in [0.1, 0.15) is 6.54 Å². The van der Waals surface area contributed by atoms with Crippen LogP contribution in [-0.4, -0.2) is 50.8 Å². The molecule has 0 unspecified atom stereocenters. The Kier molecular flexibility index (Phi) is 3.91. The zero-order valence-electron chi connectivity index (χ0n) is 9.76. The number of rotatable bonds is 3. The molecule has 1 heterocycles. The summed E-state index contributed by atoms with van der Waals surface area (Å²) in [4.78, 5) is 26.9. The van der Waals surface area contributed by atoms with Crippen LogP contribution < -0.4 is 5.32 Å². The van der Waals surface area contributed by atoms with Gasteiger partial charge in [0.2, 0.25) is 0 Å². The average molecular weight is 239 g/mol. The topological polar surface area (TPSA) is 108 Å². The van der Waals surface area contributed by atoms with Gasteiger partial charge < -0.3 is 10.0 Å². The third-order valence-electron chi connectivity index (χ3n) is 2.03. The molecule has 0 aliphatic rings. The van der Waals surface area contributed by atoms with Gasteiger partial charge in [-0.3, -0.25) is 10.1 Å². The average Bonchev–Trinajstić information content (AvgIpc) is 2.22. The molecule has 0 saturated heterocycles. The summed E-state index contributed by atoms with van der Waals surface area (Å²) in [5.41, 5.74) is 1.32. The van der Waals surface area contributed by atoms with E-state index in [-0.39, 0.29) is 5.95 Å². The number of nitrogens with one attached hydrogen (secondary N) is 1. The highest BCUT2D eigenvalue weighted by atomic mass is 16.4. The number of carboxylic acid groups (broad SMARTS) is 1. The zero-order chi connectivity index (χ0) is 13.0. The number of amides is 2. The Morgan fingerprint density at radius 3 is 2.47 bits per heavy atom. The van der Waals surface area contributed by atoms with Crippen LogP contribution in [0.15, 0.2) is 0 Å². The summed E-state index contributed by atoms with van der Waals surface area (Å²) < 4.78 is 0. The fourth-order valence-electron chi connectivity index (χ4n) is 0.976. The first kappa shape index (κ1) is 12.8. The zero-order valence-corrected chi connectivity index (χ0v) is 9.76. The lowest BCUT2D eigenvalue weighted by Gasteiger charge is -2.14. The van der Waals surface area contributed by atoms with Gasteiger partial charge in [-0.05, 0) is 13.8 Å². The highest BCUT2D eigenvalue weighted by molar-refractivity contribution is 5.89. The highest BCUT2D eigenvalue weighted by Crippen LogP contribution is 2.02. The number of likely N-dealkylation sites (N-methyl/N-ethyl adjacent to an activating group) is 1. The van der Waals surface area contributed by atoms with Gasteiger partial charge in [-0.25, -0.2) is 9.78 Å². The second kappa shape index (κ2) is 5.19. The minimum absolute atomic E-state index is 0.0512. The van der Waals surface area contributed by atoms with E-state index in [9.17, 15) is 9.59 Å². The number of aliphatic carboxylic acids is 1. The van der Waals surface area contributed by atoms with Crippen molar-refractivity contribution in [3.05, 3.63) is 11.4 Å². The highest BCUT2D eigenvalue weighted by Gasteiger charge is 2.13. The number of hydrogen-bond acceptors (Lipinski definition) is 5. The number of carbonyl (C=O) groups is 2. The van der Waals surface area contributed by atoms with Crippen LogP contribution in [0.5, 0.6) is 0 Å². The Hall–Kier alpha value is -2.25. The van der Waals surface area contributed by atoms with Crippen LogP contribution in [0.3, 0.4) is 0 Å². The van der Waals surface area contributed by atoms with Crippen LogP contribution in [-0.2, 0) is 4.79 Å². The Morgan fingerprint density at radius 2 is 1.94 bits per heavy atom. The van der Waals surface area contributed by atoms with Gasteiger partial charge >= 0.3 is 12.0 Å². The molecule has 0 aliphatic carbocycles. The van der Waals surface area contributed by atoms with Crippen molar-refractivity contribution in [1.29, 1.82) is 0 Å². The predicted molar refractivity (Wildman–Crippen MR) is 58.6 cm³/mol. The van der Waals surface area contributed by atoms with E-state index in [1.54, 1.807) is 13.8 Å². The van der Waals surface area contributed by atoms with Gasteiger partial charge in [0, 0.05) is 7.05 Å². The number of urea groups is 1. The third-order valence-corrected chi connectivity index (χ3v) is 2.03. The van der Waals surface area contributed by atoms with Crippen molar-refractivity contribution in [3.63, 3.8) is 0 Å². The van der Waals surface area contributed by atoms with Crippen molar-refractivity contribution in [2.75, 3.05) is 18.9 Å². The number of aryl methyl sites for hydroxylation is 2. The van der Waals surface area contributed by atoms with E-state index in [1.165, 1.54) is 7.05 Å². The van der Waals surface area contributed by atoms with Crippen LogP contribution in [0.4, 0.5) is 10.7 Å². The van der Waals surface area contributed by atoms with Crippen LogP contribution in [0, 0.1) is 13.8 Å². The monoisotopic (exact) mass is 239 g/mol. The Bertz CT molecular complexity index is 448. The summed E-state index contributed by atoms with van der Waals surface area (Å²) >= 11 is 0. The Morgan fingerprint density at radius 1 is 1.29 bits per heavy atom. The fraction of sp³-hybridized carbons (Fsp3) is 0.444. The molecular formula is C9H13N5O3. The van der Waals surface area contributed by atoms with Crippen molar-refractivity contribution in [2.45, 2.75) is 13.8 Å². The van der Waals surface area contributed by atoms with Gasteiger partial charge in [0.15, 0.2) is 0 Å². The third kappa shape index (κ3) is 3.67. The summed E-state index contributed by atoms with van der Waals surface area (Å²) in [6.45, 7) is 3.09. The van der Waals surface area contributed by atoms with Gasteiger partial charge in [0.25, 0.3) is 5.95 Å². The molecule has 0 saturated carbocycles. The molecule has 2 N–H and O–H groups in total. The molecule has 17 heavy (non-hydrogen) atoms. The number of hydrogen-bond donors (Lipinski definition) is 2. The van der Waals surface area contributed by atoms with E-state index in [4.69, 9.17) is 5.11 Å². The predicted octanol–water partition coefficient (Wildman–Crippen LogP) is 0.0367. The molecule has 0 bridgehead atoms. The van der Waals surface area contributed by atoms with E-state index in [0.717, 1.165) is 4.90 Å². The SMILES string of the molecule is Cc1nnc(NC(=O)N(C)CC(=O)O)nc1C. The van der Waals surface area contributed by atoms with Crippen LogP contribution in [0.1, 0.15) is 11.4 Å². The molecule has 0 aromatic carbocycles. The number of carbonyl (C=O) groups excluding carboxylic acids is 1. The van der Waals surface area contributed by atoms with E-state index >= 15 is 0 Å². The second-order valence-corrected chi connectivity index (χ2v) is 3.49. The summed E-state index contributed by atoms with van der Waals surface area (Å²) in [5, 5.41) is 18.3. The largest absolute Gasteiger partial charge is 0.480 e. The number of anilines is 1. The molecule has 92 valence electrons. The Labute approximate surface area is 97.7 Å². The van der Waals surface area contributed by atoms with Crippen LogP contribution in [0.2, 0.25) is 0 Å². The van der Waals surface area contributed by atoms with Crippen LogP contribution in [0.25, 0.3) is 0 Å². The lowest BCUT2D eigenvalue weighted by atomic mass is 10.4.